The normalized spacial score (nSPS) is 11.6. The van der Waals surface area contributed by atoms with Crippen molar-refractivity contribution in [2.75, 3.05) is 5.32 Å². The maximum atomic E-state index is 13.4. The number of nitrogens with zero attached hydrogens (tertiary/aromatic N) is 3. The molecule has 1 N–H and O–H groups in total. The molecule has 0 fully saturated rings. The van der Waals surface area contributed by atoms with Crippen LogP contribution in [0.5, 0.6) is 0 Å². The van der Waals surface area contributed by atoms with Gasteiger partial charge in [-0.25, -0.2) is 9.97 Å². The van der Waals surface area contributed by atoms with Crippen molar-refractivity contribution >= 4 is 28.5 Å². The number of hydrogen-bond acceptors (Lipinski definition) is 3. The van der Waals surface area contributed by atoms with Crippen LogP contribution in [-0.2, 0) is 12.7 Å². The Kier molecular flexibility index (Phi) is 5.71. The van der Waals surface area contributed by atoms with E-state index in [2.05, 4.69) is 15.3 Å². The number of nitrogens with one attached hydrogen (secondary N) is 1. The van der Waals surface area contributed by atoms with E-state index in [4.69, 9.17) is 11.6 Å². The lowest BCUT2D eigenvalue weighted by molar-refractivity contribution is -0.137. The summed E-state index contributed by atoms with van der Waals surface area (Å²) in [4.78, 5) is 8.88. The first-order valence-electron chi connectivity index (χ1n) is 10.5. The van der Waals surface area contributed by atoms with E-state index in [0.29, 0.717) is 34.1 Å². The molecule has 0 saturated heterocycles. The smallest absolute Gasteiger partial charge is 0.365 e. The van der Waals surface area contributed by atoms with Crippen LogP contribution in [-0.4, -0.2) is 14.5 Å². The second kappa shape index (κ2) is 8.83. The fourth-order valence-corrected chi connectivity index (χ4v) is 4.11. The lowest BCUT2D eigenvalue weighted by atomic mass is 10.1. The summed E-state index contributed by atoms with van der Waals surface area (Å²) in [6.07, 6.45) is -1.24. The largest absolute Gasteiger partial charge is 0.416 e. The molecule has 170 valence electrons. The lowest BCUT2D eigenvalue weighted by Crippen LogP contribution is -2.06. The summed E-state index contributed by atoms with van der Waals surface area (Å²) in [5.41, 5.74) is 2.82. The molecule has 5 rings (SSSR count). The monoisotopic (exact) mass is 478 g/mol. The predicted octanol–water partition coefficient (Wildman–Crippen LogP) is 7.37. The highest BCUT2D eigenvalue weighted by Crippen LogP contribution is 2.37. The summed E-state index contributed by atoms with van der Waals surface area (Å²) >= 11 is 6.11. The van der Waals surface area contributed by atoms with E-state index in [1.54, 1.807) is 22.9 Å². The molecule has 0 atom stereocenters. The van der Waals surface area contributed by atoms with E-state index in [1.165, 1.54) is 12.4 Å². The molecule has 5 aromatic rings. The highest BCUT2D eigenvalue weighted by atomic mass is 35.5. The molecule has 0 bridgehead atoms. The van der Waals surface area contributed by atoms with Gasteiger partial charge < -0.3 is 9.88 Å². The zero-order chi connectivity index (χ0) is 23.7. The molecule has 0 aliphatic heterocycles. The first-order chi connectivity index (χ1) is 16.4. The Hall–Kier alpha value is -3.84. The van der Waals surface area contributed by atoms with Crippen LogP contribution in [0.4, 0.5) is 19.0 Å². The Morgan fingerprint density at radius 3 is 2.44 bits per heavy atom. The van der Waals surface area contributed by atoms with Crippen molar-refractivity contribution in [2.45, 2.75) is 12.7 Å². The SMILES string of the molecule is FC(F)(F)c1cccc(-n2cc(-c3ccccc3)c3c(NCc4cccc(Cl)c4)ncnc32)c1. The summed E-state index contributed by atoms with van der Waals surface area (Å²) in [5.74, 6) is 0.578. The number of benzene rings is 3. The fraction of sp³-hybridized carbons (Fsp3) is 0.0769. The summed E-state index contributed by atoms with van der Waals surface area (Å²) in [5, 5.41) is 4.69. The predicted molar refractivity (Wildman–Crippen MR) is 128 cm³/mol. The zero-order valence-electron chi connectivity index (χ0n) is 17.7. The van der Waals surface area contributed by atoms with Crippen molar-refractivity contribution in [3.8, 4) is 16.8 Å². The Bertz CT molecular complexity index is 1460. The van der Waals surface area contributed by atoms with Gasteiger partial charge in [0.05, 0.1) is 10.9 Å². The van der Waals surface area contributed by atoms with Gasteiger partial charge in [-0.3, -0.25) is 0 Å². The number of rotatable bonds is 5. The first-order valence-corrected chi connectivity index (χ1v) is 10.9. The second-order valence-electron chi connectivity index (χ2n) is 7.73. The number of fused-ring (bicyclic) bond motifs is 1. The Morgan fingerprint density at radius 1 is 0.882 bits per heavy atom. The van der Waals surface area contributed by atoms with Crippen molar-refractivity contribution in [1.29, 1.82) is 0 Å². The number of halogens is 4. The van der Waals surface area contributed by atoms with E-state index < -0.39 is 11.7 Å². The lowest BCUT2D eigenvalue weighted by Gasteiger charge is -2.11. The standard InChI is InChI=1S/C26H18ClF3N4/c27-20-10-4-6-17(12-20)14-31-24-23-22(18-7-2-1-3-8-18)15-34(25(23)33-16-32-24)21-11-5-9-19(13-21)26(28,29)30/h1-13,15-16H,14H2,(H,31,32,33). The van der Waals surface area contributed by atoms with Crippen molar-refractivity contribution in [3.63, 3.8) is 0 Å². The Morgan fingerprint density at radius 2 is 1.68 bits per heavy atom. The van der Waals surface area contributed by atoms with Gasteiger partial charge in [0, 0.05) is 29.0 Å². The van der Waals surface area contributed by atoms with Crippen LogP contribution >= 0.6 is 11.6 Å². The van der Waals surface area contributed by atoms with Gasteiger partial charge in [-0.2, -0.15) is 13.2 Å². The molecule has 0 aliphatic carbocycles. The molecular formula is C26H18ClF3N4. The summed E-state index contributed by atoms with van der Waals surface area (Å²) in [6, 6.07) is 22.3. The van der Waals surface area contributed by atoms with E-state index in [-0.39, 0.29) is 0 Å². The van der Waals surface area contributed by atoms with Crippen LogP contribution < -0.4 is 5.32 Å². The van der Waals surface area contributed by atoms with E-state index in [1.807, 2.05) is 48.5 Å². The van der Waals surface area contributed by atoms with E-state index >= 15 is 0 Å². The molecule has 0 amide bonds. The van der Waals surface area contributed by atoms with Crippen LogP contribution in [0.2, 0.25) is 5.02 Å². The van der Waals surface area contributed by atoms with Crippen molar-refractivity contribution in [3.05, 3.63) is 108 Å². The van der Waals surface area contributed by atoms with Crippen molar-refractivity contribution in [1.82, 2.24) is 14.5 Å². The topological polar surface area (TPSA) is 42.7 Å². The molecule has 0 radical (unpaired) electrons. The van der Waals surface area contributed by atoms with Crippen LogP contribution in [0.25, 0.3) is 27.8 Å². The summed E-state index contributed by atoms with van der Waals surface area (Å²) in [7, 11) is 0. The van der Waals surface area contributed by atoms with Gasteiger partial charge in [-0.15, -0.1) is 0 Å². The molecule has 0 unspecified atom stereocenters. The number of aromatic nitrogens is 3. The van der Waals surface area contributed by atoms with Gasteiger partial charge in [0.25, 0.3) is 0 Å². The van der Waals surface area contributed by atoms with Gasteiger partial charge in [0.2, 0.25) is 0 Å². The van der Waals surface area contributed by atoms with E-state index in [0.717, 1.165) is 28.8 Å². The number of anilines is 1. The minimum atomic E-state index is -4.44. The molecule has 2 aromatic heterocycles. The van der Waals surface area contributed by atoms with Gasteiger partial charge in [0.15, 0.2) is 5.65 Å². The van der Waals surface area contributed by atoms with Gasteiger partial charge in [0.1, 0.15) is 12.1 Å². The molecule has 2 heterocycles. The zero-order valence-corrected chi connectivity index (χ0v) is 18.5. The Balaban J connectivity index is 1.66. The highest BCUT2D eigenvalue weighted by molar-refractivity contribution is 6.30. The average Bonchev–Trinajstić information content (AvgIpc) is 3.23. The van der Waals surface area contributed by atoms with Crippen molar-refractivity contribution in [2.24, 2.45) is 0 Å². The first kappa shape index (κ1) is 22.0. The van der Waals surface area contributed by atoms with Gasteiger partial charge >= 0.3 is 6.18 Å². The summed E-state index contributed by atoms with van der Waals surface area (Å²) in [6.45, 7) is 0.468. The molecule has 0 aliphatic rings. The molecule has 0 saturated carbocycles. The van der Waals surface area contributed by atoms with Crippen LogP contribution in [0.1, 0.15) is 11.1 Å². The van der Waals surface area contributed by atoms with Gasteiger partial charge in [-0.05, 0) is 41.5 Å². The molecule has 3 aromatic carbocycles. The third kappa shape index (κ3) is 4.34. The van der Waals surface area contributed by atoms with Crippen LogP contribution in [0, 0.1) is 0 Å². The quantitative estimate of drug-likeness (QED) is 0.287. The molecule has 0 spiro atoms. The second-order valence-corrected chi connectivity index (χ2v) is 8.17. The summed E-state index contributed by atoms with van der Waals surface area (Å²) < 4.78 is 41.8. The molecular weight excluding hydrogens is 461 g/mol. The maximum Gasteiger partial charge on any atom is 0.416 e. The third-order valence-electron chi connectivity index (χ3n) is 5.47. The highest BCUT2D eigenvalue weighted by Gasteiger charge is 2.30. The van der Waals surface area contributed by atoms with Crippen LogP contribution in [0.3, 0.4) is 0 Å². The minimum Gasteiger partial charge on any atom is -0.365 e. The fourth-order valence-electron chi connectivity index (χ4n) is 3.89. The van der Waals surface area contributed by atoms with Gasteiger partial charge in [-0.1, -0.05) is 60.1 Å². The maximum absolute atomic E-state index is 13.4. The third-order valence-corrected chi connectivity index (χ3v) is 5.70. The average molecular weight is 479 g/mol. The molecule has 4 nitrogen and oxygen atoms in total. The molecule has 34 heavy (non-hydrogen) atoms. The number of hydrogen-bond donors (Lipinski definition) is 1. The van der Waals surface area contributed by atoms with E-state index in [9.17, 15) is 13.2 Å². The molecule has 8 heteroatoms. The number of alkyl halides is 3. The van der Waals surface area contributed by atoms with Crippen molar-refractivity contribution < 1.29 is 13.2 Å². The minimum absolute atomic E-state index is 0.362. The Labute approximate surface area is 198 Å². The van der Waals surface area contributed by atoms with Crippen LogP contribution in [0.15, 0.2) is 91.4 Å².